The van der Waals surface area contributed by atoms with Gasteiger partial charge in [-0.15, -0.1) is 0 Å². The number of carbonyl (C=O) groups excluding carboxylic acids is 1. The summed E-state index contributed by atoms with van der Waals surface area (Å²) in [6.07, 6.45) is 0. The summed E-state index contributed by atoms with van der Waals surface area (Å²) < 4.78 is 0. The Morgan fingerprint density at radius 3 is 2.42 bits per heavy atom. The Hall–Kier alpha value is -2.88. The molecule has 24 heavy (non-hydrogen) atoms. The zero-order valence-corrected chi connectivity index (χ0v) is 14.1. The monoisotopic (exact) mass is 319 g/mol. The molecule has 0 radical (unpaired) electrons. The predicted octanol–water partition coefficient (Wildman–Crippen LogP) is 4.65. The molecule has 0 spiro atoms. The van der Waals surface area contributed by atoms with Crippen LogP contribution in [0.2, 0.25) is 0 Å². The minimum atomic E-state index is -0.0711. The van der Waals surface area contributed by atoms with Gasteiger partial charge in [0.05, 0.1) is 11.4 Å². The third kappa shape index (κ3) is 3.23. The van der Waals surface area contributed by atoms with Gasteiger partial charge in [-0.25, -0.2) is 4.98 Å². The fourth-order valence-corrected chi connectivity index (χ4v) is 2.53. The highest BCUT2D eigenvalue weighted by Crippen LogP contribution is 2.31. The molecule has 0 aliphatic rings. The molecule has 2 aromatic carbocycles. The highest BCUT2D eigenvalue weighted by molar-refractivity contribution is 5.96. The smallest absolute Gasteiger partial charge is 0.226 e. The van der Waals surface area contributed by atoms with E-state index in [4.69, 9.17) is 4.98 Å². The quantitative estimate of drug-likeness (QED) is 0.735. The van der Waals surface area contributed by atoms with Crippen molar-refractivity contribution in [1.82, 2.24) is 9.97 Å². The minimum Gasteiger partial charge on any atom is -0.342 e. The molecule has 2 N–H and O–H groups in total. The lowest BCUT2D eigenvalue weighted by atomic mass is 10.1. The van der Waals surface area contributed by atoms with Crippen molar-refractivity contribution in [3.05, 3.63) is 60.3 Å². The van der Waals surface area contributed by atoms with Gasteiger partial charge in [0.25, 0.3) is 0 Å². The van der Waals surface area contributed by atoms with E-state index in [1.807, 2.05) is 75.4 Å². The van der Waals surface area contributed by atoms with Crippen molar-refractivity contribution in [2.45, 2.75) is 20.8 Å². The van der Waals surface area contributed by atoms with Crippen LogP contribution in [0.25, 0.3) is 22.6 Å². The number of H-pyrrole nitrogens is 1. The molecule has 0 bridgehead atoms. The molecule has 1 amide bonds. The molecule has 0 unspecified atom stereocenters. The van der Waals surface area contributed by atoms with Crippen LogP contribution in [0.3, 0.4) is 0 Å². The zero-order chi connectivity index (χ0) is 17.1. The van der Waals surface area contributed by atoms with Gasteiger partial charge in [-0.05, 0) is 13.0 Å². The topological polar surface area (TPSA) is 57.8 Å². The number of hydrogen-bond donors (Lipinski definition) is 2. The molecule has 0 aliphatic carbocycles. The van der Waals surface area contributed by atoms with Crippen LogP contribution in [0.4, 0.5) is 5.69 Å². The number of benzene rings is 2. The Bertz CT molecular complexity index is 850. The van der Waals surface area contributed by atoms with E-state index in [9.17, 15) is 4.79 Å². The predicted molar refractivity (Wildman–Crippen MR) is 97.7 cm³/mol. The first-order valence-corrected chi connectivity index (χ1v) is 8.08. The molecular formula is C20H21N3O. The summed E-state index contributed by atoms with van der Waals surface area (Å²) in [5, 5.41) is 2.99. The summed E-state index contributed by atoms with van der Waals surface area (Å²) in [4.78, 5) is 20.2. The number of aromatic amines is 1. The lowest BCUT2D eigenvalue weighted by Crippen LogP contribution is -2.18. The van der Waals surface area contributed by atoms with E-state index in [1.165, 1.54) is 0 Å². The number of nitrogens with zero attached hydrogens (tertiary/aromatic N) is 1. The number of imidazole rings is 1. The number of carbonyl (C=O) groups is 1. The fourth-order valence-electron chi connectivity index (χ4n) is 2.53. The summed E-state index contributed by atoms with van der Waals surface area (Å²) in [6, 6.07) is 17.8. The molecular weight excluding hydrogens is 298 g/mol. The van der Waals surface area contributed by atoms with Gasteiger partial charge in [-0.2, -0.15) is 0 Å². The lowest BCUT2D eigenvalue weighted by Gasteiger charge is -2.11. The van der Waals surface area contributed by atoms with Crippen LogP contribution in [0.5, 0.6) is 0 Å². The fraction of sp³-hybridized carbons (Fsp3) is 0.200. The number of aryl methyl sites for hydroxylation is 1. The Morgan fingerprint density at radius 2 is 1.71 bits per heavy atom. The van der Waals surface area contributed by atoms with Crippen LogP contribution in [0.1, 0.15) is 19.5 Å². The lowest BCUT2D eigenvalue weighted by molar-refractivity contribution is -0.118. The van der Waals surface area contributed by atoms with E-state index in [0.29, 0.717) is 0 Å². The van der Waals surface area contributed by atoms with E-state index in [1.54, 1.807) is 0 Å². The summed E-state index contributed by atoms with van der Waals surface area (Å²) in [5.74, 6) is 0.755. The molecule has 0 fully saturated rings. The van der Waals surface area contributed by atoms with Crippen molar-refractivity contribution in [2.75, 3.05) is 5.32 Å². The molecule has 122 valence electrons. The molecule has 4 heteroatoms. The van der Waals surface area contributed by atoms with Crippen molar-refractivity contribution in [3.63, 3.8) is 0 Å². The van der Waals surface area contributed by atoms with Crippen LogP contribution < -0.4 is 5.32 Å². The van der Waals surface area contributed by atoms with Crippen LogP contribution in [0.15, 0.2) is 54.6 Å². The van der Waals surface area contributed by atoms with Crippen molar-refractivity contribution >= 4 is 11.6 Å². The normalized spacial score (nSPS) is 10.8. The highest BCUT2D eigenvalue weighted by Gasteiger charge is 2.15. The van der Waals surface area contributed by atoms with Gasteiger partial charge in [0.15, 0.2) is 0 Å². The highest BCUT2D eigenvalue weighted by atomic mass is 16.1. The molecule has 1 heterocycles. The molecule has 0 saturated carbocycles. The Balaban J connectivity index is 2.01. The standard InChI is InChI=1S/C20H21N3O/c1-13(2)20(24)22-17-12-8-7-11-16(17)18-14(3)21-19(23-18)15-9-5-4-6-10-15/h4-13H,1-3H3,(H,21,23)(H,22,24). The minimum absolute atomic E-state index is 0.000999. The molecule has 0 atom stereocenters. The maximum atomic E-state index is 12.1. The SMILES string of the molecule is Cc1[nH]c(-c2ccccc2)nc1-c1ccccc1NC(=O)C(C)C. The molecule has 1 aromatic heterocycles. The molecule has 3 rings (SSSR count). The second-order valence-electron chi connectivity index (χ2n) is 6.11. The van der Waals surface area contributed by atoms with Crippen LogP contribution in [-0.2, 0) is 4.79 Å². The first-order valence-electron chi connectivity index (χ1n) is 8.08. The number of hydrogen-bond acceptors (Lipinski definition) is 2. The van der Waals surface area contributed by atoms with Gasteiger partial charge >= 0.3 is 0 Å². The Morgan fingerprint density at radius 1 is 1.04 bits per heavy atom. The number of para-hydroxylation sites is 1. The average molecular weight is 319 g/mol. The van der Waals surface area contributed by atoms with Crippen molar-refractivity contribution in [2.24, 2.45) is 5.92 Å². The van der Waals surface area contributed by atoms with Gasteiger partial charge in [0, 0.05) is 22.7 Å². The van der Waals surface area contributed by atoms with Crippen molar-refractivity contribution in [3.8, 4) is 22.6 Å². The van der Waals surface area contributed by atoms with Gasteiger partial charge < -0.3 is 10.3 Å². The number of anilines is 1. The number of rotatable bonds is 4. The average Bonchev–Trinajstić information content (AvgIpc) is 2.98. The van der Waals surface area contributed by atoms with Crippen LogP contribution >= 0.6 is 0 Å². The van der Waals surface area contributed by atoms with E-state index in [2.05, 4.69) is 10.3 Å². The first kappa shape index (κ1) is 16.0. The largest absolute Gasteiger partial charge is 0.342 e. The van der Waals surface area contributed by atoms with E-state index < -0.39 is 0 Å². The molecule has 3 aromatic rings. The number of amides is 1. The molecule has 4 nitrogen and oxygen atoms in total. The zero-order valence-electron chi connectivity index (χ0n) is 14.1. The van der Waals surface area contributed by atoms with E-state index in [-0.39, 0.29) is 11.8 Å². The molecule has 0 saturated heterocycles. The summed E-state index contributed by atoms with van der Waals surface area (Å²) in [5.41, 5.74) is 4.57. The Kier molecular flexibility index (Phi) is 4.47. The molecule has 0 aliphatic heterocycles. The second kappa shape index (κ2) is 6.71. The second-order valence-corrected chi connectivity index (χ2v) is 6.11. The van der Waals surface area contributed by atoms with Gasteiger partial charge in [0.1, 0.15) is 5.82 Å². The summed E-state index contributed by atoms with van der Waals surface area (Å²) in [7, 11) is 0. The van der Waals surface area contributed by atoms with Gasteiger partial charge in [0.2, 0.25) is 5.91 Å². The summed E-state index contributed by atoms with van der Waals surface area (Å²) >= 11 is 0. The number of nitrogens with one attached hydrogen (secondary N) is 2. The summed E-state index contributed by atoms with van der Waals surface area (Å²) in [6.45, 7) is 5.76. The van der Waals surface area contributed by atoms with Gasteiger partial charge in [-0.1, -0.05) is 62.4 Å². The Labute approximate surface area is 142 Å². The third-order valence-electron chi connectivity index (χ3n) is 3.90. The maximum absolute atomic E-state index is 12.1. The van der Waals surface area contributed by atoms with Crippen LogP contribution in [0, 0.1) is 12.8 Å². The van der Waals surface area contributed by atoms with E-state index >= 15 is 0 Å². The maximum Gasteiger partial charge on any atom is 0.226 e. The third-order valence-corrected chi connectivity index (χ3v) is 3.90. The van der Waals surface area contributed by atoms with Crippen LogP contribution in [-0.4, -0.2) is 15.9 Å². The van der Waals surface area contributed by atoms with E-state index in [0.717, 1.165) is 34.0 Å². The van der Waals surface area contributed by atoms with Crippen molar-refractivity contribution in [1.29, 1.82) is 0 Å². The first-order chi connectivity index (χ1) is 11.6. The van der Waals surface area contributed by atoms with Crippen molar-refractivity contribution < 1.29 is 4.79 Å². The van der Waals surface area contributed by atoms with Gasteiger partial charge in [-0.3, -0.25) is 4.79 Å². The number of aromatic nitrogens is 2.